The first-order valence-corrected chi connectivity index (χ1v) is 11.0. The number of benzene rings is 1. The number of carbonyl (C=O) groups excluding carboxylic acids is 2. The van der Waals surface area contributed by atoms with E-state index in [1.165, 1.54) is 6.92 Å². The molecule has 1 fully saturated rings. The van der Waals surface area contributed by atoms with E-state index in [1.54, 1.807) is 0 Å². The highest BCUT2D eigenvalue weighted by atomic mass is 35.5. The molecule has 2 aliphatic heterocycles. The van der Waals surface area contributed by atoms with Crippen molar-refractivity contribution in [3.05, 3.63) is 22.7 Å². The van der Waals surface area contributed by atoms with E-state index >= 15 is 0 Å². The second-order valence-electron chi connectivity index (χ2n) is 8.07. The van der Waals surface area contributed by atoms with Gasteiger partial charge in [-0.3, -0.25) is 14.9 Å². The predicted molar refractivity (Wildman–Crippen MR) is 116 cm³/mol. The molecule has 0 spiro atoms. The summed E-state index contributed by atoms with van der Waals surface area (Å²) < 4.78 is 10.8. The summed E-state index contributed by atoms with van der Waals surface area (Å²) in [4.78, 5) is 29.6. The number of aliphatic imine (C=N–C) groups is 1. The molecule has 30 heavy (non-hydrogen) atoms. The molecule has 164 valence electrons. The lowest BCUT2D eigenvalue weighted by Gasteiger charge is -2.30. The molecule has 0 aliphatic carbocycles. The van der Waals surface area contributed by atoms with Crippen LogP contribution in [-0.2, 0) is 20.9 Å². The van der Waals surface area contributed by atoms with E-state index in [0.29, 0.717) is 36.5 Å². The molecule has 1 N–H and O–H groups in total. The van der Waals surface area contributed by atoms with Gasteiger partial charge in [0.05, 0.1) is 30.5 Å². The quantitative estimate of drug-likeness (QED) is 0.440. The summed E-state index contributed by atoms with van der Waals surface area (Å²) >= 11 is 6.64. The number of carbonyl (C=O) groups is 2. The number of nitrogens with zero attached hydrogens (tertiary/aromatic N) is 2. The highest BCUT2D eigenvalue weighted by molar-refractivity contribution is 6.33. The summed E-state index contributed by atoms with van der Waals surface area (Å²) in [5, 5.41) is 3.44. The fourth-order valence-corrected chi connectivity index (χ4v) is 4.10. The van der Waals surface area contributed by atoms with Crippen molar-refractivity contribution in [2.45, 2.75) is 65.5 Å². The van der Waals surface area contributed by atoms with E-state index in [-0.39, 0.29) is 23.8 Å². The average molecular weight is 436 g/mol. The third-order valence-corrected chi connectivity index (χ3v) is 5.75. The first-order valence-electron chi connectivity index (χ1n) is 10.6. The average Bonchev–Trinajstić information content (AvgIpc) is 3.01. The molecule has 1 aromatic rings. The number of ether oxygens (including phenoxy) is 2. The summed E-state index contributed by atoms with van der Waals surface area (Å²) in [5.41, 5.74) is 1.67. The van der Waals surface area contributed by atoms with Crippen LogP contribution in [0.25, 0.3) is 0 Å². The Morgan fingerprint density at radius 1 is 1.23 bits per heavy atom. The van der Waals surface area contributed by atoms with Crippen LogP contribution in [0.4, 0.5) is 5.69 Å². The summed E-state index contributed by atoms with van der Waals surface area (Å²) in [7, 11) is 0. The maximum atomic E-state index is 12.3. The number of guanidine groups is 1. The van der Waals surface area contributed by atoms with Gasteiger partial charge in [0.2, 0.25) is 11.9 Å². The van der Waals surface area contributed by atoms with Gasteiger partial charge < -0.3 is 14.4 Å². The number of halogens is 1. The van der Waals surface area contributed by atoms with Crippen molar-refractivity contribution < 1.29 is 19.1 Å². The Hall–Kier alpha value is -2.28. The minimum absolute atomic E-state index is 0.0167. The van der Waals surface area contributed by atoms with E-state index in [9.17, 15) is 9.59 Å². The van der Waals surface area contributed by atoms with Crippen LogP contribution in [0.5, 0.6) is 5.75 Å². The summed E-state index contributed by atoms with van der Waals surface area (Å²) in [5.74, 6) is 1.19. The Labute approximate surface area is 182 Å². The first-order chi connectivity index (χ1) is 14.4. The molecular formula is C22H30ClN3O4. The molecule has 0 radical (unpaired) electrons. The molecular weight excluding hydrogens is 406 g/mol. The van der Waals surface area contributed by atoms with Crippen molar-refractivity contribution in [2.24, 2.45) is 10.9 Å². The summed E-state index contributed by atoms with van der Waals surface area (Å²) in [6.45, 7) is 7.11. The molecule has 3 rings (SSSR count). The number of rotatable bonds is 10. The standard InChI is InChI=1S/C22H30ClN3O4/c1-14(2)20-21(28)25-22-24-17-9-10-18(19(23)16(17)13-26(20)22)30-12-8-6-4-5-7-11-29-15(3)27/h9-10,14,20H,4-8,11-13H2,1-3H3,(H,24,25,28). The van der Waals surface area contributed by atoms with E-state index in [4.69, 9.17) is 21.1 Å². The minimum atomic E-state index is -0.238. The fraction of sp³-hybridized carbons (Fsp3) is 0.591. The molecule has 1 aromatic carbocycles. The molecule has 2 aliphatic rings. The van der Waals surface area contributed by atoms with Crippen LogP contribution in [0.3, 0.4) is 0 Å². The molecule has 0 saturated carbocycles. The fourth-order valence-electron chi connectivity index (χ4n) is 3.83. The number of esters is 1. The molecule has 1 amide bonds. The lowest BCUT2D eigenvalue weighted by molar-refractivity contribution is -0.141. The van der Waals surface area contributed by atoms with Gasteiger partial charge in [0.1, 0.15) is 11.8 Å². The zero-order valence-electron chi connectivity index (χ0n) is 17.9. The van der Waals surface area contributed by atoms with Crippen molar-refractivity contribution in [1.29, 1.82) is 0 Å². The van der Waals surface area contributed by atoms with Gasteiger partial charge in [-0.15, -0.1) is 0 Å². The topological polar surface area (TPSA) is 80.2 Å². The Kier molecular flexibility index (Phi) is 7.58. The number of amides is 1. The molecule has 8 heteroatoms. The smallest absolute Gasteiger partial charge is 0.302 e. The highest BCUT2D eigenvalue weighted by Gasteiger charge is 2.41. The number of fused-ring (bicyclic) bond motifs is 2. The lowest BCUT2D eigenvalue weighted by atomic mass is 10.0. The molecule has 0 aromatic heterocycles. The molecule has 0 bridgehead atoms. The monoisotopic (exact) mass is 435 g/mol. The Balaban J connectivity index is 1.50. The van der Waals surface area contributed by atoms with Crippen molar-refractivity contribution in [1.82, 2.24) is 10.2 Å². The molecule has 1 atom stereocenters. The SMILES string of the molecule is CC(=O)OCCCCCCCOc1ccc2c(c1Cl)CN1C(=N2)NC(=O)C1C(C)C. The van der Waals surface area contributed by atoms with E-state index in [1.807, 2.05) is 30.9 Å². The van der Waals surface area contributed by atoms with Crippen LogP contribution in [0.1, 0.15) is 58.4 Å². The van der Waals surface area contributed by atoms with Gasteiger partial charge in [-0.2, -0.15) is 0 Å². The van der Waals surface area contributed by atoms with Crippen LogP contribution in [-0.4, -0.2) is 42.0 Å². The summed E-state index contributed by atoms with van der Waals surface area (Å²) in [6, 6.07) is 3.50. The largest absolute Gasteiger partial charge is 0.492 e. The van der Waals surface area contributed by atoms with Gasteiger partial charge in [-0.05, 0) is 30.9 Å². The lowest BCUT2D eigenvalue weighted by Crippen LogP contribution is -2.40. The van der Waals surface area contributed by atoms with E-state index in [2.05, 4.69) is 10.3 Å². The van der Waals surface area contributed by atoms with Crippen LogP contribution in [0, 0.1) is 5.92 Å². The van der Waals surface area contributed by atoms with Gasteiger partial charge in [0.25, 0.3) is 0 Å². The van der Waals surface area contributed by atoms with E-state index in [0.717, 1.165) is 43.4 Å². The third-order valence-electron chi connectivity index (χ3n) is 5.33. The van der Waals surface area contributed by atoms with Crippen LogP contribution >= 0.6 is 11.6 Å². The second-order valence-corrected chi connectivity index (χ2v) is 8.45. The maximum absolute atomic E-state index is 12.3. The molecule has 2 heterocycles. The summed E-state index contributed by atoms with van der Waals surface area (Å²) in [6.07, 6.45) is 4.99. The number of hydrogen-bond acceptors (Lipinski definition) is 6. The minimum Gasteiger partial charge on any atom is -0.492 e. The predicted octanol–water partition coefficient (Wildman–Crippen LogP) is 4.19. The van der Waals surface area contributed by atoms with Gasteiger partial charge in [-0.25, -0.2) is 4.99 Å². The Morgan fingerprint density at radius 2 is 1.93 bits per heavy atom. The Morgan fingerprint density at radius 3 is 2.63 bits per heavy atom. The van der Waals surface area contributed by atoms with Crippen LogP contribution in [0.15, 0.2) is 17.1 Å². The van der Waals surface area contributed by atoms with Gasteiger partial charge in [0, 0.05) is 12.5 Å². The van der Waals surface area contributed by atoms with Crippen molar-refractivity contribution >= 4 is 35.1 Å². The number of unbranched alkanes of at least 4 members (excludes halogenated alkanes) is 4. The van der Waals surface area contributed by atoms with Gasteiger partial charge in [0.15, 0.2) is 0 Å². The van der Waals surface area contributed by atoms with E-state index < -0.39 is 0 Å². The number of hydrogen-bond donors (Lipinski definition) is 1. The van der Waals surface area contributed by atoms with Crippen LogP contribution < -0.4 is 10.1 Å². The third kappa shape index (κ3) is 5.25. The van der Waals surface area contributed by atoms with Gasteiger partial charge in [-0.1, -0.05) is 44.7 Å². The van der Waals surface area contributed by atoms with Crippen molar-refractivity contribution in [3.8, 4) is 5.75 Å². The zero-order chi connectivity index (χ0) is 21.7. The zero-order valence-corrected chi connectivity index (χ0v) is 18.6. The normalized spacial score (nSPS) is 17.4. The second kappa shape index (κ2) is 10.2. The Bertz CT molecular complexity index is 825. The highest BCUT2D eigenvalue weighted by Crippen LogP contribution is 2.40. The van der Waals surface area contributed by atoms with Crippen molar-refractivity contribution in [3.63, 3.8) is 0 Å². The first kappa shape index (κ1) is 22.4. The van der Waals surface area contributed by atoms with Crippen molar-refractivity contribution in [2.75, 3.05) is 13.2 Å². The van der Waals surface area contributed by atoms with Crippen LogP contribution in [0.2, 0.25) is 5.02 Å². The number of nitrogens with one attached hydrogen (secondary N) is 1. The van der Waals surface area contributed by atoms with Gasteiger partial charge >= 0.3 is 5.97 Å². The molecule has 1 unspecified atom stereocenters. The maximum Gasteiger partial charge on any atom is 0.302 e. The molecule has 1 saturated heterocycles. The molecule has 7 nitrogen and oxygen atoms in total.